The Morgan fingerprint density at radius 1 is 0.943 bits per heavy atom. The summed E-state index contributed by atoms with van der Waals surface area (Å²) in [5.41, 5.74) is 0. The van der Waals surface area contributed by atoms with E-state index in [0.29, 0.717) is 6.42 Å². The number of phosphoric acid groups is 1. The van der Waals surface area contributed by atoms with Gasteiger partial charge in [-0.1, -0.05) is 70.4 Å². The molecule has 0 rings (SSSR count). The van der Waals surface area contributed by atoms with Gasteiger partial charge in [-0.2, -0.15) is 0 Å². The number of nitrogens with zero attached hydrogens (tertiary/aromatic N) is 1. The van der Waals surface area contributed by atoms with Crippen molar-refractivity contribution in [3.05, 3.63) is 12.2 Å². The van der Waals surface area contributed by atoms with Gasteiger partial charge in [0.25, 0.3) is 7.82 Å². The Balaban J connectivity index is 4.19. The zero-order valence-corrected chi connectivity index (χ0v) is 22.1. The molecule has 0 bridgehead atoms. The van der Waals surface area contributed by atoms with E-state index in [2.05, 4.69) is 28.1 Å². The molecular formula is C26H52NO7P. The van der Waals surface area contributed by atoms with E-state index in [1.807, 2.05) is 0 Å². The lowest BCUT2D eigenvalue weighted by atomic mass is 10.1. The molecule has 1 N–H and O–H groups in total. The standard InChI is InChI=1S/C26H52NO7P/c1-5-6-7-8-9-10-11-12-13-14-15-16-17-18-19-20-26(29)32-23-25(28)24-34-35(30,31)33-22-21-27(2,3)4/h12-13,25,28H,5-11,14-24H2,1-4H3/b13-12-/t25-/m1/s1/i2D3,3D3,4D3. The molecule has 1 unspecified atom stereocenters. The lowest BCUT2D eigenvalue weighted by Gasteiger charge is -2.27. The average Bonchev–Trinajstić information content (AvgIpc) is 2.88. The van der Waals surface area contributed by atoms with Crippen LogP contribution in [0.4, 0.5) is 0 Å². The van der Waals surface area contributed by atoms with Gasteiger partial charge in [-0.05, 0) is 32.1 Å². The molecule has 0 aliphatic carbocycles. The molecule has 0 aromatic rings. The smallest absolute Gasteiger partial charge is 0.305 e. The molecule has 0 fully saturated rings. The number of hydrogen-bond donors (Lipinski definition) is 1. The molecule has 0 amide bonds. The number of hydrogen-bond acceptors (Lipinski definition) is 7. The molecular weight excluding hydrogens is 469 g/mol. The molecule has 0 saturated carbocycles. The SMILES string of the molecule is [2H]C([2H])([2H])[N+](CCOP(=O)([O-])OC[C@H](O)COC(=O)CCCCCCC/C=C\CCCCCCCC)(C([2H])([2H])[2H])C([2H])([2H])[2H]. The minimum atomic E-state index is -5.20. The molecule has 0 aromatic heterocycles. The van der Waals surface area contributed by atoms with E-state index in [-0.39, 0.29) is 6.42 Å². The molecule has 0 aliphatic rings. The van der Waals surface area contributed by atoms with Crippen molar-refractivity contribution in [3.63, 3.8) is 0 Å². The molecule has 0 radical (unpaired) electrons. The Bertz CT molecular complexity index is 832. The van der Waals surface area contributed by atoms with Crippen molar-refractivity contribution < 1.29 is 50.0 Å². The van der Waals surface area contributed by atoms with Gasteiger partial charge in [0.2, 0.25) is 0 Å². The molecule has 0 saturated heterocycles. The number of carbonyl (C=O) groups excluding carboxylic acids is 1. The Kier molecular flexibility index (Phi) is 12.9. The van der Waals surface area contributed by atoms with E-state index < -0.39 is 71.7 Å². The van der Waals surface area contributed by atoms with E-state index in [9.17, 15) is 19.4 Å². The van der Waals surface area contributed by atoms with Crippen molar-refractivity contribution in [1.29, 1.82) is 0 Å². The van der Waals surface area contributed by atoms with Gasteiger partial charge in [-0.3, -0.25) is 9.36 Å². The fourth-order valence-electron chi connectivity index (χ4n) is 3.15. The highest BCUT2D eigenvalue weighted by molar-refractivity contribution is 7.45. The summed E-state index contributed by atoms with van der Waals surface area (Å²) in [5, 5.41) is 9.89. The lowest BCUT2D eigenvalue weighted by molar-refractivity contribution is -0.870. The third-order valence-corrected chi connectivity index (χ3v) is 6.14. The van der Waals surface area contributed by atoms with E-state index in [0.717, 1.165) is 38.5 Å². The summed E-state index contributed by atoms with van der Waals surface area (Å²) in [6.07, 6.45) is 17.7. The van der Waals surface area contributed by atoms with Gasteiger partial charge in [-0.15, -0.1) is 0 Å². The molecule has 0 aromatic carbocycles. The summed E-state index contributed by atoms with van der Waals surface area (Å²) in [4.78, 5) is 23.9. The van der Waals surface area contributed by atoms with Crippen LogP contribution in [-0.2, 0) is 23.1 Å². The highest BCUT2D eigenvalue weighted by Gasteiger charge is 2.16. The predicted octanol–water partition coefficient (Wildman–Crippen LogP) is 5.14. The van der Waals surface area contributed by atoms with E-state index in [1.165, 1.54) is 38.5 Å². The predicted molar refractivity (Wildman–Crippen MR) is 139 cm³/mol. The van der Waals surface area contributed by atoms with Crippen LogP contribution in [0.25, 0.3) is 0 Å². The molecule has 0 heterocycles. The zero-order valence-electron chi connectivity index (χ0n) is 30.3. The topological polar surface area (TPSA) is 105 Å². The summed E-state index contributed by atoms with van der Waals surface area (Å²) in [6, 6.07) is 0. The van der Waals surface area contributed by atoms with Crippen LogP contribution in [0.15, 0.2) is 12.2 Å². The molecule has 208 valence electrons. The maximum atomic E-state index is 12.0. The van der Waals surface area contributed by atoms with Crippen molar-refractivity contribution in [2.45, 2.75) is 103 Å². The Labute approximate surface area is 226 Å². The van der Waals surface area contributed by atoms with Gasteiger partial charge in [0, 0.05) is 6.42 Å². The van der Waals surface area contributed by atoms with Gasteiger partial charge >= 0.3 is 5.97 Å². The number of quaternary nitrogens is 1. The fourth-order valence-corrected chi connectivity index (χ4v) is 3.89. The van der Waals surface area contributed by atoms with Crippen LogP contribution < -0.4 is 4.89 Å². The summed E-state index contributed by atoms with van der Waals surface area (Å²) in [5.74, 6) is -0.559. The first-order valence-electron chi connectivity index (χ1n) is 17.3. The van der Waals surface area contributed by atoms with Crippen molar-refractivity contribution in [2.75, 3.05) is 47.3 Å². The van der Waals surface area contributed by atoms with Crippen LogP contribution in [0.1, 0.15) is 109 Å². The number of esters is 1. The average molecular weight is 531 g/mol. The third kappa shape index (κ3) is 26.1. The van der Waals surface area contributed by atoms with Gasteiger partial charge in [0.05, 0.1) is 39.9 Å². The highest BCUT2D eigenvalue weighted by Crippen LogP contribution is 2.38. The Hall–Kier alpha value is -0.760. The highest BCUT2D eigenvalue weighted by atomic mass is 31.2. The van der Waals surface area contributed by atoms with Crippen LogP contribution in [0, 0.1) is 0 Å². The summed E-state index contributed by atoms with van der Waals surface area (Å²) in [6.45, 7) is -12.2. The number of unbranched alkanes of at least 4 members (excludes halogenated alkanes) is 11. The van der Waals surface area contributed by atoms with Crippen LogP contribution in [-0.4, -0.2) is 69.0 Å². The molecule has 35 heavy (non-hydrogen) atoms. The van der Waals surface area contributed by atoms with Crippen molar-refractivity contribution in [2.24, 2.45) is 0 Å². The van der Waals surface area contributed by atoms with E-state index in [1.54, 1.807) is 0 Å². The number of aliphatic hydroxyl groups is 1. The summed E-state index contributed by atoms with van der Waals surface area (Å²) in [7, 11) is -5.20. The maximum absolute atomic E-state index is 12.0. The second kappa shape index (κ2) is 21.3. The van der Waals surface area contributed by atoms with Crippen molar-refractivity contribution >= 4 is 13.8 Å². The minimum Gasteiger partial charge on any atom is -0.756 e. The van der Waals surface area contributed by atoms with Crippen LogP contribution in [0.3, 0.4) is 0 Å². The van der Waals surface area contributed by atoms with Gasteiger partial charge in [0.15, 0.2) is 0 Å². The van der Waals surface area contributed by atoms with Crippen LogP contribution >= 0.6 is 7.82 Å². The number of rotatable bonds is 24. The Morgan fingerprint density at radius 2 is 1.51 bits per heavy atom. The largest absolute Gasteiger partial charge is 0.756 e. The van der Waals surface area contributed by atoms with E-state index >= 15 is 0 Å². The number of carbonyl (C=O) groups is 1. The number of ether oxygens (including phenoxy) is 1. The molecule has 2 atom stereocenters. The molecule has 0 spiro atoms. The van der Waals surface area contributed by atoms with Crippen molar-refractivity contribution in [3.8, 4) is 0 Å². The van der Waals surface area contributed by atoms with Crippen molar-refractivity contribution in [1.82, 2.24) is 0 Å². The monoisotopic (exact) mass is 530 g/mol. The van der Waals surface area contributed by atoms with Crippen LogP contribution in [0.2, 0.25) is 0 Å². The summed E-state index contributed by atoms with van der Waals surface area (Å²) < 4.78 is 91.0. The second-order valence-corrected chi connectivity index (χ2v) is 10.2. The van der Waals surface area contributed by atoms with Gasteiger partial charge in [-0.25, -0.2) is 0 Å². The molecule has 0 aliphatic heterocycles. The van der Waals surface area contributed by atoms with E-state index in [4.69, 9.17) is 17.1 Å². The second-order valence-electron chi connectivity index (χ2n) is 8.78. The maximum Gasteiger partial charge on any atom is 0.305 e. The first kappa shape index (κ1) is 21.2. The first-order valence-corrected chi connectivity index (χ1v) is 14.2. The number of allylic oxidation sites excluding steroid dienone is 2. The third-order valence-electron chi connectivity index (χ3n) is 5.18. The normalized spacial score (nSPS) is 19.7. The van der Waals surface area contributed by atoms with Crippen LogP contribution in [0.5, 0.6) is 0 Å². The zero-order chi connectivity index (χ0) is 33.9. The first-order chi connectivity index (χ1) is 20.3. The number of likely N-dealkylation sites (N-methyl/N-ethyl adjacent to an activating group) is 1. The lowest BCUT2D eigenvalue weighted by Crippen LogP contribution is -2.37. The molecule has 8 nitrogen and oxygen atoms in total. The quantitative estimate of drug-likeness (QED) is 0.0606. The minimum absolute atomic E-state index is 0.144. The summed E-state index contributed by atoms with van der Waals surface area (Å²) >= 11 is 0. The fraction of sp³-hybridized carbons (Fsp3) is 0.885. The molecule has 9 heteroatoms. The Morgan fingerprint density at radius 3 is 2.11 bits per heavy atom. The number of aliphatic hydroxyl groups excluding tert-OH is 1. The van der Waals surface area contributed by atoms with Gasteiger partial charge < -0.3 is 28.3 Å². The number of phosphoric ester groups is 1. The van der Waals surface area contributed by atoms with Gasteiger partial charge in [0.1, 0.15) is 25.9 Å².